The summed E-state index contributed by atoms with van der Waals surface area (Å²) in [4.78, 5) is 16.2. The van der Waals surface area contributed by atoms with Gasteiger partial charge in [-0.3, -0.25) is 9.48 Å². The minimum Gasteiger partial charge on any atom is -0.352 e. The van der Waals surface area contributed by atoms with Gasteiger partial charge in [0.15, 0.2) is 5.65 Å². The van der Waals surface area contributed by atoms with E-state index in [-0.39, 0.29) is 36.8 Å². The Kier molecular flexibility index (Phi) is 7.63. The van der Waals surface area contributed by atoms with Crippen molar-refractivity contribution in [1.29, 1.82) is 0 Å². The third-order valence-corrected chi connectivity index (χ3v) is 3.01. The molecule has 3 N–H and O–H groups in total. The molecule has 1 amide bonds. The predicted octanol–water partition coefficient (Wildman–Crippen LogP) is 1.59. The highest BCUT2D eigenvalue weighted by Crippen LogP contribution is 2.16. The molecule has 0 aliphatic heterocycles. The van der Waals surface area contributed by atoms with Crippen LogP contribution in [0.5, 0.6) is 0 Å². The monoisotopic (exact) mass is 333 g/mol. The summed E-state index contributed by atoms with van der Waals surface area (Å²) in [7, 11) is 1.84. The van der Waals surface area contributed by atoms with Gasteiger partial charge in [0.05, 0.1) is 11.3 Å². The second kappa shape index (κ2) is 8.17. The van der Waals surface area contributed by atoms with Gasteiger partial charge in [0.2, 0.25) is 0 Å². The van der Waals surface area contributed by atoms with Crippen molar-refractivity contribution in [2.45, 2.75) is 26.3 Å². The van der Waals surface area contributed by atoms with Gasteiger partial charge in [0.25, 0.3) is 5.91 Å². The molecule has 21 heavy (non-hydrogen) atoms. The van der Waals surface area contributed by atoms with Crippen LogP contribution < -0.4 is 11.1 Å². The number of nitrogens with one attached hydrogen (secondary N) is 1. The van der Waals surface area contributed by atoms with Gasteiger partial charge in [0, 0.05) is 31.2 Å². The van der Waals surface area contributed by atoms with E-state index >= 15 is 0 Å². The molecule has 0 spiro atoms. The van der Waals surface area contributed by atoms with E-state index in [0.29, 0.717) is 12.1 Å². The van der Waals surface area contributed by atoms with Crippen LogP contribution in [0.25, 0.3) is 11.0 Å². The summed E-state index contributed by atoms with van der Waals surface area (Å²) in [5, 5.41) is 8.02. The van der Waals surface area contributed by atoms with Gasteiger partial charge >= 0.3 is 0 Å². The number of aryl methyl sites for hydroxylation is 2. The number of nitrogens with two attached hydrogens (primary N) is 1. The summed E-state index contributed by atoms with van der Waals surface area (Å²) in [5.74, 6) is -0.127. The molecule has 0 aliphatic carbocycles. The second-order valence-corrected chi connectivity index (χ2v) is 4.83. The molecule has 2 aromatic heterocycles. The summed E-state index contributed by atoms with van der Waals surface area (Å²) >= 11 is 0. The van der Waals surface area contributed by atoms with Crippen LogP contribution in [0.3, 0.4) is 0 Å². The summed E-state index contributed by atoms with van der Waals surface area (Å²) < 4.78 is 1.71. The Morgan fingerprint density at radius 3 is 2.76 bits per heavy atom. The lowest BCUT2D eigenvalue weighted by atomic mass is 10.2. The minimum absolute atomic E-state index is 0. The average Bonchev–Trinajstić information content (AvgIpc) is 2.64. The predicted molar refractivity (Wildman–Crippen MR) is 88.3 cm³/mol. The highest BCUT2D eigenvalue weighted by atomic mass is 35.5. The maximum Gasteiger partial charge on any atom is 0.252 e. The number of pyridine rings is 1. The van der Waals surface area contributed by atoms with Gasteiger partial charge in [-0.1, -0.05) is 0 Å². The topological polar surface area (TPSA) is 85.8 Å². The molecule has 0 aliphatic rings. The maximum absolute atomic E-state index is 12.0. The lowest BCUT2D eigenvalue weighted by Crippen LogP contribution is -2.29. The van der Waals surface area contributed by atoms with Crippen molar-refractivity contribution in [3.63, 3.8) is 0 Å². The van der Waals surface area contributed by atoms with E-state index in [1.54, 1.807) is 10.9 Å². The normalized spacial score (nSPS) is 11.4. The van der Waals surface area contributed by atoms with Gasteiger partial charge in [-0.25, -0.2) is 4.98 Å². The fourth-order valence-electron chi connectivity index (χ4n) is 1.95. The SMILES string of the molecule is Cc1nn(C)c2ncc(C(=O)NCCC(C)N)cc12.Cl.Cl. The molecule has 0 fully saturated rings. The molecule has 2 rings (SSSR count). The number of nitrogens with zero attached hydrogens (tertiary/aromatic N) is 3. The smallest absolute Gasteiger partial charge is 0.252 e. The standard InChI is InChI=1S/C13H19N5O.2ClH/c1-8(14)4-5-15-13(19)10-6-11-9(2)17-18(3)12(11)16-7-10;;/h6-8H,4-5,14H2,1-3H3,(H,15,19);2*1H. The zero-order chi connectivity index (χ0) is 14.0. The zero-order valence-electron chi connectivity index (χ0n) is 12.3. The van der Waals surface area contributed by atoms with Crippen LogP contribution in [-0.4, -0.2) is 33.3 Å². The molecular formula is C13H21Cl2N5O. The summed E-state index contributed by atoms with van der Waals surface area (Å²) in [6, 6.07) is 1.91. The summed E-state index contributed by atoms with van der Waals surface area (Å²) in [5.41, 5.74) is 7.84. The fourth-order valence-corrected chi connectivity index (χ4v) is 1.95. The molecule has 0 aromatic carbocycles. The third kappa shape index (κ3) is 4.56. The van der Waals surface area contributed by atoms with Crippen molar-refractivity contribution >= 4 is 41.8 Å². The van der Waals surface area contributed by atoms with Crippen LogP contribution in [0, 0.1) is 6.92 Å². The molecule has 6 nitrogen and oxygen atoms in total. The van der Waals surface area contributed by atoms with Crippen molar-refractivity contribution < 1.29 is 4.79 Å². The van der Waals surface area contributed by atoms with Gasteiger partial charge in [-0.05, 0) is 26.3 Å². The van der Waals surface area contributed by atoms with Gasteiger partial charge in [-0.15, -0.1) is 24.8 Å². The Morgan fingerprint density at radius 2 is 2.14 bits per heavy atom. The largest absolute Gasteiger partial charge is 0.352 e. The van der Waals surface area contributed by atoms with E-state index in [2.05, 4.69) is 15.4 Å². The number of aromatic nitrogens is 3. The van der Waals surface area contributed by atoms with Crippen molar-refractivity contribution in [2.24, 2.45) is 12.8 Å². The van der Waals surface area contributed by atoms with Crippen molar-refractivity contribution in [3.05, 3.63) is 23.5 Å². The number of hydrogen-bond donors (Lipinski definition) is 2. The average molecular weight is 334 g/mol. The molecule has 8 heteroatoms. The Bertz CT molecular complexity index is 612. The molecule has 0 saturated heterocycles. The summed E-state index contributed by atoms with van der Waals surface area (Å²) in [6.07, 6.45) is 2.33. The molecule has 2 heterocycles. The van der Waals surface area contributed by atoms with Gasteiger partial charge in [-0.2, -0.15) is 5.10 Å². The quantitative estimate of drug-likeness (QED) is 0.889. The van der Waals surface area contributed by atoms with E-state index in [1.807, 2.05) is 27.0 Å². The van der Waals surface area contributed by atoms with E-state index in [9.17, 15) is 4.79 Å². The summed E-state index contributed by atoms with van der Waals surface area (Å²) in [6.45, 7) is 4.39. The van der Waals surface area contributed by atoms with E-state index in [0.717, 1.165) is 23.1 Å². The molecular weight excluding hydrogens is 313 g/mol. The molecule has 0 bridgehead atoms. The minimum atomic E-state index is -0.127. The lowest BCUT2D eigenvalue weighted by molar-refractivity contribution is 0.0952. The van der Waals surface area contributed by atoms with E-state index < -0.39 is 0 Å². The van der Waals surface area contributed by atoms with Gasteiger partial charge < -0.3 is 11.1 Å². The Labute approximate surface area is 136 Å². The first-order valence-electron chi connectivity index (χ1n) is 6.32. The highest BCUT2D eigenvalue weighted by molar-refractivity contribution is 5.97. The molecule has 0 saturated carbocycles. The lowest BCUT2D eigenvalue weighted by Gasteiger charge is -2.07. The van der Waals surface area contributed by atoms with Crippen LogP contribution >= 0.6 is 24.8 Å². The molecule has 0 radical (unpaired) electrons. The van der Waals surface area contributed by atoms with Gasteiger partial charge in [0.1, 0.15) is 0 Å². The zero-order valence-corrected chi connectivity index (χ0v) is 13.9. The highest BCUT2D eigenvalue weighted by Gasteiger charge is 2.11. The number of hydrogen-bond acceptors (Lipinski definition) is 4. The first-order valence-corrected chi connectivity index (χ1v) is 6.32. The number of amides is 1. The molecule has 118 valence electrons. The van der Waals surface area contributed by atoms with E-state index in [4.69, 9.17) is 5.73 Å². The fraction of sp³-hybridized carbons (Fsp3) is 0.462. The Morgan fingerprint density at radius 1 is 1.48 bits per heavy atom. The molecule has 1 atom stereocenters. The number of rotatable bonds is 4. The first-order chi connectivity index (χ1) is 8.99. The Hall–Kier alpha value is -1.37. The van der Waals surface area contributed by atoms with Crippen molar-refractivity contribution in [3.8, 4) is 0 Å². The molecule has 1 unspecified atom stereocenters. The third-order valence-electron chi connectivity index (χ3n) is 3.01. The number of carbonyl (C=O) groups is 1. The first kappa shape index (κ1) is 19.6. The number of carbonyl (C=O) groups excluding carboxylic acids is 1. The van der Waals surface area contributed by atoms with Crippen LogP contribution in [0.15, 0.2) is 12.3 Å². The Balaban J connectivity index is 0.00000200. The van der Waals surface area contributed by atoms with Crippen LogP contribution in [0.2, 0.25) is 0 Å². The van der Waals surface area contributed by atoms with Crippen molar-refractivity contribution in [2.75, 3.05) is 6.54 Å². The number of halogens is 2. The maximum atomic E-state index is 12.0. The van der Waals surface area contributed by atoms with Crippen molar-refractivity contribution in [1.82, 2.24) is 20.1 Å². The number of fused-ring (bicyclic) bond motifs is 1. The van der Waals surface area contributed by atoms with E-state index in [1.165, 1.54) is 0 Å². The van der Waals surface area contributed by atoms with Crippen LogP contribution in [0.4, 0.5) is 0 Å². The van der Waals surface area contributed by atoms with Crippen LogP contribution in [-0.2, 0) is 7.05 Å². The molecule has 2 aromatic rings. The second-order valence-electron chi connectivity index (χ2n) is 4.83. The van der Waals surface area contributed by atoms with Crippen LogP contribution in [0.1, 0.15) is 29.4 Å².